The number of nitrogens with one attached hydrogen (secondary N) is 2. The second kappa shape index (κ2) is 6.13. The molecule has 21 heavy (non-hydrogen) atoms. The number of hydrogen-bond donors (Lipinski definition) is 2. The molecule has 2 N–H and O–H groups in total. The molecule has 0 amide bonds. The van der Waals surface area contributed by atoms with Gasteiger partial charge in [0.15, 0.2) is 0 Å². The summed E-state index contributed by atoms with van der Waals surface area (Å²) in [5.74, 6) is 0. The summed E-state index contributed by atoms with van der Waals surface area (Å²) >= 11 is 0. The van der Waals surface area contributed by atoms with E-state index >= 15 is 0 Å². The standard InChI is InChI=1S/C19H30N2/c1-13-8-7-9-14(2)16(13)12-20-17-10-11-18(17)21-15(3)19(4,5)6/h7-9,15,20-21H,10-12H2,1-6H3. The molecule has 0 aromatic heterocycles. The second-order valence-electron chi connectivity index (χ2n) is 7.41. The number of aryl methyl sites for hydroxylation is 2. The summed E-state index contributed by atoms with van der Waals surface area (Å²) in [4.78, 5) is 0. The Morgan fingerprint density at radius 3 is 2.10 bits per heavy atom. The molecule has 2 rings (SSSR count). The van der Waals surface area contributed by atoms with Crippen LogP contribution < -0.4 is 10.6 Å². The fraction of sp³-hybridized carbons (Fsp3) is 0.579. The van der Waals surface area contributed by atoms with Crippen molar-refractivity contribution in [2.75, 3.05) is 0 Å². The third kappa shape index (κ3) is 3.81. The molecule has 1 aliphatic carbocycles. The lowest BCUT2D eigenvalue weighted by molar-refractivity contribution is 0.295. The zero-order chi connectivity index (χ0) is 15.6. The van der Waals surface area contributed by atoms with Gasteiger partial charge in [0.1, 0.15) is 0 Å². The number of hydrogen-bond acceptors (Lipinski definition) is 2. The van der Waals surface area contributed by atoms with Gasteiger partial charge in [-0.2, -0.15) is 0 Å². The maximum atomic E-state index is 3.69. The fourth-order valence-corrected chi connectivity index (χ4v) is 2.53. The van der Waals surface area contributed by atoms with Crippen LogP contribution in [0.4, 0.5) is 0 Å². The maximum Gasteiger partial charge on any atom is 0.0403 e. The third-order valence-electron chi connectivity index (χ3n) is 4.80. The monoisotopic (exact) mass is 286 g/mol. The van der Waals surface area contributed by atoms with E-state index in [-0.39, 0.29) is 0 Å². The first-order valence-corrected chi connectivity index (χ1v) is 8.06. The van der Waals surface area contributed by atoms with E-state index in [9.17, 15) is 0 Å². The molecule has 0 spiro atoms. The average Bonchev–Trinajstić information content (AvgIpc) is 2.36. The molecular formula is C19H30N2. The first-order valence-electron chi connectivity index (χ1n) is 8.06. The highest BCUT2D eigenvalue weighted by Crippen LogP contribution is 2.28. The van der Waals surface area contributed by atoms with Crippen LogP contribution in [-0.2, 0) is 6.54 Å². The van der Waals surface area contributed by atoms with E-state index in [4.69, 9.17) is 0 Å². The Morgan fingerprint density at radius 1 is 1.05 bits per heavy atom. The van der Waals surface area contributed by atoms with Gasteiger partial charge in [-0.3, -0.25) is 0 Å². The Kier molecular flexibility index (Phi) is 4.65. The lowest BCUT2D eigenvalue weighted by atomic mass is 9.86. The van der Waals surface area contributed by atoms with Crippen molar-refractivity contribution in [3.8, 4) is 0 Å². The zero-order valence-electron chi connectivity index (χ0n) is 14.4. The van der Waals surface area contributed by atoms with Crippen molar-refractivity contribution in [1.82, 2.24) is 10.6 Å². The first kappa shape index (κ1) is 15.9. The van der Waals surface area contributed by atoms with E-state index in [1.807, 2.05) is 0 Å². The van der Waals surface area contributed by atoms with E-state index in [0.29, 0.717) is 11.5 Å². The topological polar surface area (TPSA) is 24.1 Å². The largest absolute Gasteiger partial charge is 0.384 e. The Balaban J connectivity index is 1.99. The minimum absolute atomic E-state index is 0.292. The van der Waals surface area contributed by atoms with Crippen molar-refractivity contribution in [1.29, 1.82) is 0 Å². The van der Waals surface area contributed by atoms with Crippen LogP contribution in [0.5, 0.6) is 0 Å². The summed E-state index contributed by atoms with van der Waals surface area (Å²) in [6, 6.07) is 7.01. The molecule has 1 aromatic rings. The van der Waals surface area contributed by atoms with Gasteiger partial charge in [0.25, 0.3) is 0 Å². The molecular weight excluding hydrogens is 256 g/mol. The molecule has 0 bridgehead atoms. The van der Waals surface area contributed by atoms with Crippen LogP contribution in [0.2, 0.25) is 0 Å². The highest BCUT2D eigenvalue weighted by atomic mass is 15.0. The molecule has 0 aliphatic heterocycles. The Bertz CT molecular complexity index is 515. The molecule has 1 aromatic carbocycles. The highest BCUT2D eigenvalue weighted by molar-refractivity contribution is 5.34. The molecule has 2 heteroatoms. The van der Waals surface area contributed by atoms with Crippen LogP contribution in [0.1, 0.15) is 57.2 Å². The molecule has 0 saturated carbocycles. The van der Waals surface area contributed by atoms with E-state index in [1.54, 1.807) is 0 Å². The minimum Gasteiger partial charge on any atom is -0.384 e. The van der Waals surface area contributed by atoms with Crippen molar-refractivity contribution >= 4 is 0 Å². The summed E-state index contributed by atoms with van der Waals surface area (Å²) in [5.41, 5.74) is 7.28. The number of benzene rings is 1. The van der Waals surface area contributed by atoms with Crippen molar-refractivity contribution in [2.24, 2.45) is 5.41 Å². The Hall–Kier alpha value is -1.44. The van der Waals surface area contributed by atoms with Gasteiger partial charge in [-0.15, -0.1) is 0 Å². The number of allylic oxidation sites excluding steroid dienone is 2. The summed E-state index contributed by atoms with van der Waals surface area (Å²) in [6.07, 6.45) is 2.35. The molecule has 2 nitrogen and oxygen atoms in total. The quantitative estimate of drug-likeness (QED) is 0.837. The van der Waals surface area contributed by atoms with Gasteiger partial charge >= 0.3 is 0 Å². The van der Waals surface area contributed by atoms with Gasteiger partial charge in [0.2, 0.25) is 0 Å². The fourth-order valence-electron chi connectivity index (χ4n) is 2.53. The molecule has 0 radical (unpaired) electrons. The normalized spacial score (nSPS) is 16.5. The maximum absolute atomic E-state index is 3.69. The predicted molar refractivity (Wildman–Crippen MR) is 91.1 cm³/mol. The SMILES string of the molecule is Cc1cccc(C)c1CNC1=C(NC(C)C(C)(C)C)CC1. The van der Waals surface area contributed by atoms with E-state index in [1.165, 1.54) is 40.9 Å². The molecule has 1 unspecified atom stereocenters. The zero-order valence-corrected chi connectivity index (χ0v) is 14.4. The van der Waals surface area contributed by atoms with E-state index in [2.05, 4.69) is 70.4 Å². The van der Waals surface area contributed by atoms with Crippen LogP contribution in [-0.4, -0.2) is 6.04 Å². The van der Waals surface area contributed by atoms with Crippen molar-refractivity contribution in [3.05, 3.63) is 46.3 Å². The lowest BCUT2D eigenvalue weighted by Gasteiger charge is -2.35. The van der Waals surface area contributed by atoms with Gasteiger partial charge in [-0.1, -0.05) is 39.0 Å². The Labute approximate surface area is 130 Å². The van der Waals surface area contributed by atoms with Crippen LogP contribution in [0.25, 0.3) is 0 Å². The van der Waals surface area contributed by atoms with Crippen LogP contribution in [0.3, 0.4) is 0 Å². The van der Waals surface area contributed by atoms with Gasteiger partial charge in [-0.25, -0.2) is 0 Å². The molecule has 0 fully saturated rings. The van der Waals surface area contributed by atoms with Gasteiger partial charge in [0.05, 0.1) is 0 Å². The van der Waals surface area contributed by atoms with Gasteiger partial charge < -0.3 is 10.6 Å². The minimum atomic E-state index is 0.292. The number of rotatable bonds is 5. The van der Waals surface area contributed by atoms with E-state index < -0.39 is 0 Å². The first-order chi connectivity index (χ1) is 9.79. The molecule has 0 saturated heterocycles. The van der Waals surface area contributed by atoms with Crippen LogP contribution in [0, 0.1) is 19.3 Å². The second-order valence-corrected chi connectivity index (χ2v) is 7.41. The summed E-state index contributed by atoms with van der Waals surface area (Å²) in [7, 11) is 0. The summed E-state index contributed by atoms with van der Waals surface area (Å²) in [5, 5.41) is 7.33. The van der Waals surface area contributed by atoms with Gasteiger partial charge in [-0.05, 0) is 55.7 Å². The Morgan fingerprint density at radius 2 is 1.62 bits per heavy atom. The lowest BCUT2D eigenvalue weighted by Crippen LogP contribution is -2.40. The van der Waals surface area contributed by atoms with Crippen molar-refractivity contribution < 1.29 is 0 Å². The molecule has 1 atom stereocenters. The molecule has 1 aliphatic rings. The van der Waals surface area contributed by atoms with Crippen molar-refractivity contribution in [3.63, 3.8) is 0 Å². The highest BCUT2D eigenvalue weighted by Gasteiger charge is 2.24. The van der Waals surface area contributed by atoms with Crippen molar-refractivity contribution in [2.45, 2.75) is 67.0 Å². The smallest absolute Gasteiger partial charge is 0.0403 e. The van der Waals surface area contributed by atoms with Crippen LogP contribution >= 0.6 is 0 Å². The molecule has 0 heterocycles. The summed E-state index contributed by atoms with van der Waals surface area (Å²) in [6.45, 7) is 14.5. The van der Waals surface area contributed by atoms with Gasteiger partial charge in [0, 0.05) is 24.0 Å². The van der Waals surface area contributed by atoms with E-state index in [0.717, 1.165) is 6.54 Å². The summed E-state index contributed by atoms with van der Waals surface area (Å²) < 4.78 is 0. The predicted octanol–water partition coefficient (Wildman–Crippen LogP) is 4.42. The third-order valence-corrected chi connectivity index (χ3v) is 4.80. The average molecular weight is 286 g/mol. The van der Waals surface area contributed by atoms with Crippen LogP contribution in [0.15, 0.2) is 29.6 Å². The molecule has 116 valence electrons.